The molecule has 0 aliphatic heterocycles. The number of ether oxygens (including phenoxy) is 1. The summed E-state index contributed by atoms with van der Waals surface area (Å²) < 4.78 is 17.8. The molecular formula is C13H15FN2O3. The molecule has 0 fully saturated rings. The van der Waals surface area contributed by atoms with Crippen molar-refractivity contribution in [3.8, 4) is 0 Å². The fraction of sp³-hybridized carbons (Fsp3) is 0.231. The predicted octanol–water partition coefficient (Wildman–Crippen LogP) is 1.66. The zero-order valence-corrected chi connectivity index (χ0v) is 10.5. The maximum Gasteiger partial charge on any atom is 0.325 e. The summed E-state index contributed by atoms with van der Waals surface area (Å²) in [5.41, 5.74) is 0.355. The molecule has 0 saturated carbocycles. The molecule has 5 nitrogen and oxygen atoms in total. The van der Waals surface area contributed by atoms with Gasteiger partial charge in [0.2, 0.25) is 0 Å². The normalized spacial score (nSPS) is 10.2. The second-order valence-electron chi connectivity index (χ2n) is 3.49. The number of nitrogens with one attached hydrogen (secondary N) is 2. The number of halogens is 1. The molecular weight excluding hydrogens is 251 g/mol. The summed E-state index contributed by atoms with van der Waals surface area (Å²) in [4.78, 5) is 22.2. The van der Waals surface area contributed by atoms with Gasteiger partial charge in [-0.2, -0.15) is 0 Å². The number of amides is 2. The summed E-state index contributed by atoms with van der Waals surface area (Å²) in [7, 11) is 0. The van der Waals surface area contributed by atoms with Crippen LogP contribution in [0.25, 0.3) is 6.08 Å². The molecule has 0 saturated heterocycles. The standard InChI is InChI=1S/C13H15FN2O3/c1-2-19-12(17)9-16-13(18)15-8-7-10-5-3-4-6-11(10)14/h3-8H,2,9H2,1H3,(H2,15,16,18)/b8-7+. The van der Waals surface area contributed by atoms with E-state index >= 15 is 0 Å². The van der Waals surface area contributed by atoms with E-state index in [2.05, 4.69) is 15.4 Å². The van der Waals surface area contributed by atoms with Gasteiger partial charge in [-0.15, -0.1) is 0 Å². The average Bonchev–Trinajstić information content (AvgIpc) is 2.39. The van der Waals surface area contributed by atoms with E-state index in [1.165, 1.54) is 18.3 Å². The number of rotatable bonds is 5. The number of hydrogen-bond donors (Lipinski definition) is 2. The summed E-state index contributed by atoms with van der Waals surface area (Å²) >= 11 is 0. The SMILES string of the molecule is CCOC(=O)CNC(=O)N/C=C/c1ccccc1F. The third-order valence-electron chi connectivity index (χ3n) is 2.08. The zero-order valence-electron chi connectivity index (χ0n) is 10.5. The van der Waals surface area contributed by atoms with Gasteiger partial charge in [0, 0.05) is 11.8 Å². The van der Waals surface area contributed by atoms with Gasteiger partial charge in [0.25, 0.3) is 0 Å². The first-order chi connectivity index (χ1) is 9.13. The van der Waals surface area contributed by atoms with E-state index in [-0.39, 0.29) is 19.0 Å². The highest BCUT2D eigenvalue weighted by molar-refractivity contribution is 5.81. The Hall–Kier alpha value is -2.37. The Morgan fingerprint density at radius 2 is 2.11 bits per heavy atom. The molecule has 1 aromatic carbocycles. The Kier molecular flexibility index (Phi) is 6.08. The largest absolute Gasteiger partial charge is 0.465 e. The van der Waals surface area contributed by atoms with Gasteiger partial charge in [-0.05, 0) is 19.1 Å². The second-order valence-corrected chi connectivity index (χ2v) is 3.49. The Bertz CT molecular complexity index is 475. The lowest BCUT2D eigenvalue weighted by Gasteiger charge is -2.04. The molecule has 0 aromatic heterocycles. The van der Waals surface area contributed by atoms with E-state index < -0.39 is 12.0 Å². The van der Waals surface area contributed by atoms with Gasteiger partial charge in [0.05, 0.1) is 6.61 Å². The number of benzene rings is 1. The Morgan fingerprint density at radius 1 is 1.37 bits per heavy atom. The van der Waals surface area contributed by atoms with Crippen molar-refractivity contribution >= 4 is 18.1 Å². The molecule has 102 valence electrons. The van der Waals surface area contributed by atoms with Gasteiger partial charge in [0.1, 0.15) is 12.4 Å². The fourth-order valence-electron chi connectivity index (χ4n) is 1.23. The first kappa shape index (κ1) is 14.7. The molecule has 0 radical (unpaired) electrons. The average molecular weight is 266 g/mol. The Labute approximate surface area is 110 Å². The van der Waals surface area contributed by atoms with Crippen molar-refractivity contribution in [3.63, 3.8) is 0 Å². The van der Waals surface area contributed by atoms with E-state index in [1.807, 2.05) is 0 Å². The van der Waals surface area contributed by atoms with Crippen LogP contribution in [-0.4, -0.2) is 25.2 Å². The summed E-state index contributed by atoms with van der Waals surface area (Å²) in [6.45, 7) is 1.72. The second kappa shape index (κ2) is 7.86. The molecule has 19 heavy (non-hydrogen) atoms. The van der Waals surface area contributed by atoms with Crippen molar-refractivity contribution in [2.45, 2.75) is 6.92 Å². The minimum absolute atomic E-state index is 0.215. The number of carbonyl (C=O) groups excluding carboxylic acids is 2. The van der Waals surface area contributed by atoms with Crippen LogP contribution < -0.4 is 10.6 Å². The van der Waals surface area contributed by atoms with Gasteiger partial charge in [-0.25, -0.2) is 9.18 Å². The lowest BCUT2D eigenvalue weighted by molar-refractivity contribution is -0.141. The molecule has 2 amide bonds. The van der Waals surface area contributed by atoms with Gasteiger partial charge in [-0.3, -0.25) is 4.79 Å². The Morgan fingerprint density at radius 3 is 2.79 bits per heavy atom. The van der Waals surface area contributed by atoms with E-state index in [0.717, 1.165) is 0 Å². The van der Waals surface area contributed by atoms with Crippen LogP contribution in [0.15, 0.2) is 30.5 Å². The van der Waals surface area contributed by atoms with Crippen LogP contribution in [0.1, 0.15) is 12.5 Å². The van der Waals surface area contributed by atoms with E-state index in [4.69, 9.17) is 0 Å². The maximum atomic E-state index is 13.2. The summed E-state index contributed by atoms with van der Waals surface area (Å²) in [6, 6.07) is 5.58. The minimum Gasteiger partial charge on any atom is -0.465 e. The van der Waals surface area contributed by atoms with Crippen LogP contribution in [0, 0.1) is 5.82 Å². The quantitative estimate of drug-likeness (QED) is 0.796. The van der Waals surface area contributed by atoms with E-state index in [9.17, 15) is 14.0 Å². The van der Waals surface area contributed by atoms with Crippen molar-refractivity contribution in [1.82, 2.24) is 10.6 Å². The van der Waals surface area contributed by atoms with Gasteiger partial charge in [0.15, 0.2) is 0 Å². The van der Waals surface area contributed by atoms with E-state index in [1.54, 1.807) is 25.1 Å². The van der Waals surface area contributed by atoms with Crippen LogP contribution in [0.2, 0.25) is 0 Å². The van der Waals surface area contributed by atoms with E-state index in [0.29, 0.717) is 5.56 Å². The predicted molar refractivity (Wildman–Crippen MR) is 68.6 cm³/mol. The smallest absolute Gasteiger partial charge is 0.325 e. The summed E-state index contributed by atoms with van der Waals surface area (Å²) in [6.07, 6.45) is 2.71. The van der Waals surface area contributed by atoms with Crippen LogP contribution in [0.5, 0.6) is 0 Å². The summed E-state index contributed by atoms with van der Waals surface area (Å²) in [5, 5.41) is 4.65. The molecule has 1 aromatic rings. The molecule has 2 N–H and O–H groups in total. The zero-order chi connectivity index (χ0) is 14.1. The monoisotopic (exact) mass is 266 g/mol. The molecule has 0 spiro atoms. The third kappa shape index (κ3) is 5.67. The molecule has 6 heteroatoms. The van der Waals surface area contributed by atoms with Crippen LogP contribution >= 0.6 is 0 Å². The van der Waals surface area contributed by atoms with Crippen LogP contribution in [0.4, 0.5) is 9.18 Å². The highest BCUT2D eigenvalue weighted by Gasteiger charge is 2.03. The van der Waals surface area contributed by atoms with Gasteiger partial charge >= 0.3 is 12.0 Å². The van der Waals surface area contributed by atoms with Crippen molar-refractivity contribution in [1.29, 1.82) is 0 Å². The van der Waals surface area contributed by atoms with Gasteiger partial charge < -0.3 is 15.4 Å². The van der Waals surface area contributed by atoms with Crippen molar-refractivity contribution in [3.05, 3.63) is 41.8 Å². The van der Waals surface area contributed by atoms with Crippen molar-refractivity contribution in [2.75, 3.05) is 13.2 Å². The highest BCUT2D eigenvalue weighted by Crippen LogP contribution is 2.07. The lowest BCUT2D eigenvalue weighted by Crippen LogP contribution is -2.36. The highest BCUT2D eigenvalue weighted by atomic mass is 19.1. The third-order valence-corrected chi connectivity index (χ3v) is 2.08. The van der Waals surface area contributed by atoms with Crippen LogP contribution in [0.3, 0.4) is 0 Å². The molecule has 1 rings (SSSR count). The lowest BCUT2D eigenvalue weighted by atomic mass is 10.2. The van der Waals surface area contributed by atoms with Crippen molar-refractivity contribution in [2.24, 2.45) is 0 Å². The number of esters is 1. The molecule has 0 aliphatic rings. The minimum atomic E-state index is -0.569. The Balaban J connectivity index is 2.34. The molecule has 0 unspecified atom stereocenters. The molecule has 0 atom stereocenters. The first-order valence-corrected chi connectivity index (χ1v) is 5.74. The number of carbonyl (C=O) groups is 2. The molecule has 0 bridgehead atoms. The number of urea groups is 1. The first-order valence-electron chi connectivity index (χ1n) is 5.74. The number of hydrogen-bond acceptors (Lipinski definition) is 3. The topological polar surface area (TPSA) is 67.4 Å². The maximum absolute atomic E-state index is 13.2. The fourth-order valence-corrected chi connectivity index (χ4v) is 1.23. The molecule has 0 heterocycles. The summed E-state index contributed by atoms with van der Waals surface area (Å²) in [5.74, 6) is -0.900. The van der Waals surface area contributed by atoms with Gasteiger partial charge in [-0.1, -0.05) is 18.2 Å². The van der Waals surface area contributed by atoms with Crippen molar-refractivity contribution < 1.29 is 18.7 Å². The molecule has 0 aliphatic carbocycles. The van der Waals surface area contributed by atoms with Crippen LogP contribution in [-0.2, 0) is 9.53 Å².